The zero-order valence-electron chi connectivity index (χ0n) is 54.3. The zero-order chi connectivity index (χ0) is 61.2. The molecule has 0 aromatic rings. The Balaban J connectivity index is 4.32. The maximum atomic E-state index is 13.0. The third kappa shape index (κ3) is 65.4. The minimum Gasteiger partial charge on any atom is -0.756 e. The molecule has 84 heavy (non-hydrogen) atoms. The first-order valence-corrected chi connectivity index (χ1v) is 35.0. The molecule has 0 aromatic heterocycles. The SMILES string of the molecule is CC/C=C\C/C=C\C/C=C\C/C=C\C/C=C\C/C=C\C/C=C\C/C=C\C/C=C\C/C=C\C/C=C\CCCCCC(=O)NC(COP(=O)([O-])OCC[N+](C)(C)C)C(O)/C=C/CC/C=C/CC/C=C/CCCCCCCCCCCCCCCCC. The Bertz CT molecular complexity index is 1970. The van der Waals surface area contributed by atoms with E-state index in [2.05, 4.69) is 177 Å². The van der Waals surface area contributed by atoms with Crippen LogP contribution in [0.1, 0.15) is 245 Å². The Morgan fingerprint density at radius 3 is 1.11 bits per heavy atom. The number of quaternary nitrogens is 1. The summed E-state index contributed by atoms with van der Waals surface area (Å²) in [5.74, 6) is -0.249. The number of carbonyl (C=O) groups is 1. The summed E-state index contributed by atoms with van der Waals surface area (Å²) in [6, 6.07) is -0.943. The molecule has 0 aliphatic carbocycles. The van der Waals surface area contributed by atoms with Crippen molar-refractivity contribution in [3.8, 4) is 0 Å². The number of amides is 1. The van der Waals surface area contributed by atoms with Crippen LogP contribution in [0.2, 0.25) is 0 Å². The summed E-state index contributed by atoms with van der Waals surface area (Å²) >= 11 is 0. The van der Waals surface area contributed by atoms with Gasteiger partial charge in [-0.2, -0.15) is 0 Å². The maximum absolute atomic E-state index is 13.0. The van der Waals surface area contributed by atoms with Crippen LogP contribution >= 0.6 is 7.82 Å². The molecule has 0 bridgehead atoms. The Hall–Kier alpha value is -4.14. The van der Waals surface area contributed by atoms with Gasteiger partial charge in [-0.1, -0.05) is 280 Å². The minimum atomic E-state index is -4.64. The van der Waals surface area contributed by atoms with Gasteiger partial charge in [0.05, 0.1) is 39.9 Å². The first-order valence-electron chi connectivity index (χ1n) is 33.5. The highest BCUT2D eigenvalue weighted by Gasteiger charge is 2.23. The third-order valence-corrected chi connectivity index (χ3v) is 14.9. The molecule has 2 N–H and O–H groups in total. The van der Waals surface area contributed by atoms with E-state index in [0.29, 0.717) is 23.9 Å². The van der Waals surface area contributed by atoms with Crippen molar-refractivity contribution in [2.24, 2.45) is 0 Å². The molecule has 0 heterocycles. The summed E-state index contributed by atoms with van der Waals surface area (Å²) in [5, 5.41) is 13.9. The lowest BCUT2D eigenvalue weighted by molar-refractivity contribution is -0.870. The van der Waals surface area contributed by atoms with E-state index in [-0.39, 0.29) is 18.9 Å². The fourth-order valence-electron chi connectivity index (χ4n) is 8.72. The van der Waals surface area contributed by atoms with Gasteiger partial charge in [0, 0.05) is 6.42 Å². The maximum Gasteiger partial charge on any atom is 0.268 e. The van der Waals surface area contributed by atoms with Crippen molar-refractivity contribution in [2.75, 3.05) is 40.9 Å². The number of rotatable bonds is 59. The molecule has 0 aliphatic heterocycles. The number of nitrogens with one attached hydrogen (secondary N) is 1. The van der Waals surface area contributed by atoms with Crippen molar-refractivity contribution < 1.29 is 32.9 Å². The number of allylic oxidation sites excluding steroid dienone is 27. The van der Waals surface area contributed by atoms with Gasteiger partial charge in [-0.25, -0.2) is 0 Å². The Labute approximate surface area is 517 Å². The molecule has 0 rings (SSSR count). The van der Waals surface area contributed by atoms with Crippen molar-refractivity contribution in [3.05, 3.63) is 170 Å². The number of aliphatic hydroxyl groups excluding tert-OH is 1. The highest BCUT2D eigenvalue weighted by atomic mass is 31.2. The molecule has 476 valence electrons. The molecular weight excluding hydrogens is 1060 g/mol. The van der Waals surface area contributed by atoms with Crippen LogP contribution < -0.4 is 10.2 Å². The monoisotopic (exact) mass is 1180 g/mol. The third-order valence-electron chi connectivity index (χ3n) is 13.9. The molecule has 8 nitrogen and oxygen atoms in total. The lowest BCUT2D eigenvalue weighted by Gasteiger charge is -2.29. The van der Waals surface area contributed by atoms with E-state index in [1.54, 1.807) is 6.08 Å². The number of phosphoric acid groups is 1. The fraction of sp³-hybridized carbons (Fsp3) is 0.613. The molecule has 0 saturated heterocycles. The van der Waals surface area contributed by atoms with Gasteiger partial charge in [-0.05, 0) is 128 Å². The predicted molar refractivity (Wildman–Crippen MR) is 366 cm³/mol. The van der Waals surface area contributed by atoms with Crippen LogP contribution in [0.15, 0.2) is 170 Å². The molecule has 0 radical (unpaired) electrons. The second-order valence-corrected chi connectivity index (χ2v) is 24.5. The predicted octanol–water partition coefficient (Wildman–Crippen LogP) is 20.9. The Kier molecular flexibility index (Phi) is 60.2. The lowest BCUT2D eigenvalue weighted by Crippen LogP contribution is -2.45. The normalized spacial score (nSPS) is 14.8. The molecule has 9 heteroatoms. The second-order valence-electron chi connectivity index (χ2n) is 23.1. The number of hydrogen-bond acceptors (Lipinski definition) is 6. The second kappa shape index (κ2) is 63.4. The van der Waals surface area contributed by atoms with Gasteiger partial charge in [-0.3, -0.25) is 9.36 Å². The van der Waals surface area contributed by atoms with Crippen LogP contribution in [0.25, 0.3) is 0 Å². The molecule has 0 saturated carbocycles. The van der Waals surface area contributed by atoms with Crippen LogP contribution in [0.4, 0.5) is 0 Å². The molecule has 0 aliphatic rings. The average Bonchev–Trinajstić information content (AvgIpc) is 3.56. The van der Waals surface area contributed by atoms with Crippen molar-refractivity contribution in [1.82, 2.24) is 5.32 Å². The number of phosphoric ester groups is 1. The standard InChI is InChI=1S/C75H125N2O6P/c1-6-8-10-12-14-16-18-20-22-24-26-28-30-32-33-34-35-36-37-38-39-40-41-42-43-45-47-49-51-53-55-57-59-61-63-65-67-69-75(79)76-73(72-83-84(80,81)82-71-70-77(3,4)5)74(78)68-66-64-62-60-58-56-54-52-50-48-46-44-31-29-27-25-23-21-19-17-15-13-11-9-7-2/h8,10,14,16,20,22,26,28,32-33,35-36,38-39,41-42,45,47,50-53,57-60,66,68,73-74,78H,6-7,9,11-13,15,17-19,21,23-25,27,29-31,34,37,40,43-44,46,48-49,54-56,61-65,67,69-72H2,1-5H3,(H-,76,79,80,81)/b10-8-,16-14-,22-20-,28-26-,33-32-,36-35-,39-38-,42-41-,47-45-,52-50+,53-51-,59-57-,60-58+,68-66+. The van der Waals surface area contributed by atoms with Gasteiger partial charge in [0.2, 0.25) is 5.91 Å². The largest absolute Gasteiger partial charge is 0.756 e. The van der Waals surface area contributed by atoms with Crippen LogP contribution in [-0.2, 0) is 18.4 Å². The summed E-state index contributed by atoms with van der Waals surface area (Å²) in [6.07, 6.45) is 100. The van der Waals surface area contributed by atoms with Gasteiger partial charge in [-0.15, -0.1) is 0 Å². The fourth-order valence-corrected chi connectivity index (χ4v) is 9.44. The van der Waals surface area contributed by atoms with E-state index in [9.17, 15) is 19.4 Å². The summed E-state index contributed by atoms with van der Waals surface area (Å²) in [6.45, 7) is 4.47. The highest BCUT2D eigenvalue weighted by Crippen LogP contribution is 2.38. The van der Waals surface area contributed by atoms with Gasteiger partial charge in [0.15, 0.2) is 0 Å². The van der Waals surface area contributed by atoms with Gasteiger partial charge < -0.3 is 28.8 Å². The molecule has 3 atom stereocenters. The molecule has 0 aromatic carbocycles. The minimum absolute atomic E-state index is 0.0254. The van der Waals surface area contributed by atoms with Crippen molar-refractivity contribution in [2.45, 2.75) is 257 Å². The lowest BCUT2D eigenvalue weighted by atomic mass is 10.0. The molecule has 1 amide bonds. The van der Waals surface area contributed by atoms with Crippen LogP contribution in [-0.4, -0.2) is 68.5 Å². The average molecular weight is 1180 g/mol. The first kappa shape index (κ1) is 79.9. The number of hydrogen-bond donors (Lipinski definition) is 2. The summed E-state index contributed by atoms with van der Waals surface area (Å²) in [7, 11) is 1.19. The quantitative estimate of drug-likeness (QED) is 0.0272. The van der Waals surface area contributed by atoms with Gasteiger partial charge >= 0.3 is 0 Å². The van der Waals surface area contributed by atoms with E-state index in [1.165, 1.54) is 103 Å². The number of unbranched alkanes of at least 4 members (excludes halogenated alkanes) is 20. The Morgan fingerprint density at radius 2 is 0.738 bits per heavy atom. The van der Waals surface area contributed by atoms with E-state index in [1.807, 2.05) is 27.2 Å². The number of nitrogens with zero attached hydrogens (tertiary/aromatic N) is 1. The van der Waals surface area contributed by atoms with E-state index in [0.717, 1.165) is 109 Å². The summed E-state index contributed by atoms with van der Waals surface area (Å²) in [5.41, 5.74) is 0. The van der Waals surface area contributed by atoms with E-state index >= 15 is 0 Å². The smallest absolute Gasteiger partial charge is 0.268 e. The highest BCUT2D eigenvalue weighted by molar-refractivity contribution is 7.45. The van der Waals surface area contributed by atoms with Gasteiger partial charge in [0.25, 0.3) is 7.82 Å². The van der Waals surface area contributed by atoms with Crippen molar-refractivity contribution in [1.29, 1.82) is 0 Å². The van der Waals surface area contributed by atoms with Crippen molar-refractivity contribution in [3.63, 3.8) is 0 Å². The molecule has 0 spiro atoms. The first-order chi connectivity index (χ1) is 41.0. The summed E-state index contributed by atoms with van der Waals surface area (Å²) in [4.78, 5) is 25.6. The van der Waals surface area contributed by atoms with Gasteiger partial charge in [0.1, 0.15) is 13.2 Å². The van der Waals surface area contributed by atoms with Crippen LogP contribution in [0, 0.1) is 0 Å². The van der Waals surface area contributed by atoms with E-state index in [4.69, 9.17) is 9.05 Å². The molecule has 3 unspecified atom stereocenters. The molecular formula is C75H125N2O6P. The number of aliphatic hydroxyl groups is 1. The van der Waals surface area contributed by atoms with E-state index < -0.39 is 26.6 Å². The topological polar surface area (TPSA) is 108 Å². The molecule has 0 fully saturated rings. The summed E-state index contributed by atoms with van der Waals surface area (Å²) < 4.78 is 23.4. The van der Waals surface area contributed by atoms with Crippen LogP contribution in [0.5, 0.6) is 0 Å². The number of carbonyl (C=O) groups excluding carboxylic acids is 1. The zero-order valence-corrected chi connectivity index (χ0v) is 55.2. The van der Waals surface area contributed by atoms with Crippen LogP contribution in [0.3, 0.4) is 0 Å². The number of likely N-dealkylation sites (N-methyl/N-ethyl adjacent to an activating group) is 1. The van der Waals surface area contributed by atoms with Crippen molar-refractivity contribution >= 4 is 13.7 Å². The Morgan fingerprint density at radius 1 is 0.429 bits per heavy atom.